The van der Waals surface area contributed by atoms with Crippen LogP contribution in [-0.2, 0) is 28.6 Å². The van der Waals surface area contributed by atoms with Crippen molar-refractivity contribution in [1.82, 2.24) is 0 Å². The van der Waals surface area contributed by atoms with Gasteiger partial charge in [0.2, 0.25) is 0 Å². The van der Waals surface area contributed by atoms with Crippen LogP contribution in [0.5, 0.6) is 0 Å². The van der Waals surface area contributed by atoms with E-state index in [1.54, 1.807) is 6.08 Å². The third-order valence-corrected chi connectivity index (χ3v) is 8.60. The minimum Gasteiger partial charge on any atom is -0.462 e. The zero-order chi connectivity index (χ0) is 40.1. The van der Waals surface area contributed by atoms with E-state index in [4.69, 9.17) is 14.2 Å². The molecule has 0 aromatic heterocycles. The molecule has 0 aliphatic carbocycles. The maximum Gasteiger partial charge on any atom is 0.309 e. The monoisotopic (exact) mass is 763 g/mol. The Morgan fingerprint density at radius 3 is 1.49 bits per heavy atom. The van der Waals surface area contributed by atoms with Crippen molar-refractivity contribution in [2.45, 2.75) is 181 Å². The van der Waals surface area contributed by atoms with Crippen molar-refractivity contribution in [3.63, 3.8) is 0 Å². The molecule has 0 bridgehead atoms. The molecule has 0 aromatic carbocycles. The van der Waals surface area contributed by atoms with Gasteiger partial charge in [0.05, 0.1) is 6.42 Å². The molecule has 6 heteroatoms. The van der Waals surface area contributed by atoms with Gasteiger partial charge in [-0.2, -0.15) is 0 Å². The first-order valence-electron chi connectivity index (χ1n) is 21.8. The Balaban J connectivity index is 4.54. The summed E-state index contributed by atoms with van der Waals surface area (Å²) >= 11 is 0. The highest BCUT2D eigenvalue weighted by molar-refractivity contribution is 5.72. The van der Waals surface area contributed by atoms with Crippen LogP contribution < -0.4 is 0 Å². The number of rotatable bonds is 37. The number of hydrogen-bond acceptors (Lipinski definition) is 6. The zero-order valence-electron chi connectivity index (χ0n) is 35.1. The summed E-state index contributed by atoms with van der Waals surface area (Å²) in [5.74, 6) is -1.16. The molecule has 0 N–H and O–H groups in total. The van der Waals surface area contributed by atoms with E-state index in [9.17, 15) is 14.4 Å². The molecular formula is C49H78O6. The van der Waals surface area contributed by atoms with E-state index in [1.807, 2.05) is 6.08 Å². The summed E-state index contributed by atoms with van der Waals surface area (Å²) in [6.45, 7) is 6.25. The van der Waals surface area contributed by atoms with Crippen LogP contribution in [0.15, 0.2) is 97.2 Å². The first kappa shape index (κ1) is 51.3. The van der Waals surface area contributed by atoms with E-state index < -0.39 is 12.1 Å². The predicted molar refractivity (Wildman–Crippen MR) is 233 cm³/mol. The lowest BCUT2D eigenvalue weighted by molar-refractivity contribution is -0.166. The Labute approximate surface area is 337 Å². The fourth-order valence-corrected chi connectivity index (χ4v) is 5.32. The topological polar surface area (TPSA) is 78.9 Å². The van der Waals surface area contributed by atoms with E-state index in [0.29, 0.717) is 12.8 Å². The first-order valence-corrected chi connectivity index (χ1v) is 21.8. The summed E-state index contributed by atoms with van der Waals surface area (Å²) in [5, 5.41) is 0. The van der Waals surface area contributed by atoms with Crippen molar-refractivity contribution in [2.75, 3.05) is 13.2 Å². The molecule has 0 amide bonds. The van der Waals surface area contributed by atoms with Gasteiger partial charge in [-0.05, 0) is 83.5 Å². The molecule has 0 aliphatic heterocycles. The fourth-order valence-electron chi connectivity index (χ4n) is 5.32. The number of allylic oxidation sites excluding steroid dienone is 15. The zero-order valence-corrected chi connectivity index (χ0v) is 35.1. The lowest BCUT2D eigenvalue weighted by Gasteiger charge is -2.18. The highest BCUT2D eigenvalue weighted by Crippen LogP contribution is 2.10. The second-order valence-corrected chi connectivity index (χ2v) is 13.9. The average Bonchev–Trinajstić information content (AvgIpc) is 3.18. The van der Waals surface area contributed by atoms with Gasteiger partial charge in [0, 0.05) is 12.8 Å². The van der Waals surface area contributed by atoms with E-state index in [1.165, 1.54) is 57.8 Å². The molecule has 1 unspecified atom stereocenters. The Morgan fingerprint density at radius 2 is 0.873 bits per heavy atom. The Morgan fingerprint density at radius 1 is 0.418 bits per heavy atom. The Hall–Kier alpha value is -3.67. The van der Waals surface area contributed by atoms with Crippen molar-refractivity contribution in [3.8, 4) is 0 Å². The van der Waals surface area contributed by atoms with Crippen LogP contribution in [0.3, 0.4) is 0 Å². The lowest BCUT2D eigenvalue weighted by atomic mass is 10.1. The van der Waals surface area contributed by atoms with Crippen LogP contribution in [0.2, 0.25) is 0 Å². The third-order valence-electron chi connectivity index (χ3n) is 8.60. The third kappa shape index (κ3) is 41.3. The summed E-state index contributed by atoms with van der Waals surface area (Å²) < 4.78 is 16.5. The van der Waals surface area contributed by atoms with Gasteiger partial charge in [0.15, 0.2) is 6.10 Å². The summed E-state index contributed by atoms with van der Waals surface area (Å²) in [4.78, 5) is 37.5. The van der Waals surface area contributed by atoms with E-state index in [0.717, 1.165) is 64.2 Å². The fraction of sp³-hybridized carbons (Fsp3) is 0.612. The predicted octanol–water partition coefficient (Wildman–Crippen LogP) is 13.9. The quantitative estimate of drug-likeness (QED) is 0.0206. The van der Waals surface area contributed by atoms with Gasteiger partial charge in [0.25, 0.3) is 0 Å². The summed E-state index contributed by atoms with van der Waals surface area (Å²) in [6, 6.07) is 0. The van der Waals surface area contributed by atoms with Crippen LogP contribution in [0.1, 0.15) is 175 Å². The smallest absolute Gasteiger partial charge is 0.309 e. The minimum absolute atomic E-state index is 0.118. The Bertz CT molecular complexity index is 1150. The highest BCUT2D eigenvalue weighted by Gasteiger charge is 2.19. The van der Waals surface area contributed by atoms with Gasteiger partial charge in [-0.1, -0.05) is 169 Å². The minimum atomic E-state index is -0.844. The summed E-state index contributed by atoms with van der Waals surface area (Å²) in [5.41, 5.74) is 0. The average molecular weight is 763 g/mol. The largest absolute Gasteiger partial charge is 0.462 e. The molecule has 55 heavy (non-hydrogen) atoms. The van der Waals surface area contributed by atoms with Crippen LogP contribution in [0.4, 0.5) is 0 Å². The van der Waals surface area contributed by atoms with Crippen LogP contribution in [0.25, 0.3) is 0 Å². The number of esters is 3. The summed E-state index contributed by atoms with van der Waals surface area (Å²) in [6.07, 6.45) is 55.8. The van der Waals surface area contributed by atoms with Crippen molar-refractivity contribution >= 4 is 17.9 Å². The molecule has 310 valence electrons. The van der Waals surface area contributed by atoms with Gasteiger partial charge in [-0.25, -0.2) is 0 Å². The number of carbonyl (C=O) groups excluding carboxylic acids is 3. The second-order valence-electron chi connectivity index (χ2n) is 13.9. The molecule has 0 saturated heterocycles. The van der Waals surface area contributed by atoms with Crippen molar-refractivity contribution in [3.05, 3.63) is 97.2 Å². The van der Waals surface area contributed by atoms with Crippen LogP contribution in [0, 0.1) is 0 Å². The maximum atomic E-state index is 12.6. The number of carbonyl (C=O) groups is 3. The van der Waals surface area contributed by atoms with Gasteiger partial charge >= 0.3 is 17.9 Å². The molecule has 0 aromatic rings. The molecule has 0 radical (unpaired) electrons. The van der Waals surface area contributed by atoms with E-state index in [-0.39, 0.29) is 44.4 Å². The van der Waals surface area contributed by atoms with Gasteiger partial charge in [-0.3, -0.25) is 14.4 Å². The highest BCUT2D eigenvalue weighted by atomic mass is 16.6. The molecule has 6 nitrogen and oxygen atoms in total. The van der Waals surface area contributed by atoms with Crippen molar-refractivity contribution in [2.24, 2.45) is 0 Å². The maximum absolute atomic E-state index is 12.6. The second kappa shape index (κ2) is 43.1. The van der Waals surface area contributed by atoms with Crippen molar-refractivity contribution in [1.29, 1.82) is 0 Å². The van der Waals surface area contributed by atoms with Crippen LogP contribution >= 0.6 is 0 Å². The number of unbranched alkanes of at least 4 members (excludes halogenated alkanes) is 12. The molecule has 0 heterocycles. The van der Waals surface area contributed by atoms with E-state index in [2.05, 4.69) is 106 Å². The van der Waals surface area contributed by atoms with Crippen molar-refractivity contribution < 1.29 is 28.6 Å². The lowest BCUT2D eigenvalue weighted by Crippen LogP contribution is -2.30. The van der Waals surface area contributed by atoms with E-state index >= 15 is 0 Å². The Kier molecular flexibility index (Phi) is 40.2. The van der Waals surface area contributed by atoms with Crippen LogP contribution in [-0.4, -0.2) is 37.2 Å². The molecule has 1 atom stereocenters. The molecule has 0 saturated carbocycles. The molecule has 0 rings (SSSR count). The molecular weight excluding hydrogens is 685 g/mol. The molecule has 0 spiro atoms. The first-order chi connectivity index (χ1) is 27.0. The molecule has 0 fully saturated rings. The SMILES string of the molecule is CC/C=C\C/C=C\C/C=C\CC(=O)OCC(COC(=O)CCC/C=C\C/C=C\C/C=C\CCCCCCCC)OC(=O)CCCCC/C=C\C=C/CCCC. The molecule has 0 aliphatic rings. The van der Waals surface area contributed by atoms with Gasteiger partial charge in [-0.15, -0.1) is 0 Å². The van der Waals surface area contributed by atoms with Gasteiger partial charge < -0.3 is 14.2 Å². The number of hydrogen-bond donors (Lipinski definition) is 0. The normalized spacial score (nSPS) is 13.0. The summed E-state index contributed by atoms with van der Waals surface area (Å²) in [7, 11) is 0. The number of ether oxygens (including phenoxy) is 3. The standard InChI is InChI=1S/C49H78O6/c1-4-7-10-13-16-19-21-22-23-24-25-26-28-30-33-36-39-42-48(51)54-45-46(44-53-47(50)41-38-35-32-29-18-15-12-9-6-3)55-49(52)43-40-37-34-31-27-20-17-14-11-8-5-2/h9,12,14,17-18,20,22-23,25-27,29-30,33,35,38,46H,4-8,10-11,13,15-16,19,21,24,28,31-32,34,36-37,39-45H2,1-3H3/b12-9-,17-14-,23-22-,26-25-,27-20-,29-18-,33-30-,38-35-. The van der Waals surface area contributed by atoms with Gasteiger partial charge in [0.1, 0.15) is 13.2 Å².